The van der Waals surface area contributed by atoms with Gasteiger partial charge in [-0.1, -0.05) is 23.7 Å². The summed E-state index contributed by atoms with van der Waals surface area (Å²) in [5.74, 6) is 0. The summed E-state index contributed by atoms with van der Waals surface area (Å²) in [5.41, 5.74) is 1.78. The smallest absolute Gasteiger partial charge is 0.113 e. The zero-order valence-electron chi connectivity index (χ0n) is 9.38. The summed E-state index contributed by atoms with van der Waals surface area (Å²) in [4.78, 5) is 5.11. The molecule has 0 saturated carbocycles. The largest absolute Gasteiger partial charge is 0.383 e. The summed E-state index contributed by atoms with van der Waals surface area (Å²) >= 11 is 7.34. The second kappa shape index (κ2) is 4.69. The Labute approximate surface area is 113 Å². The standard InChI is InChI=1S/C14H10ClNOS/c15-11-7-13(18-8-11)14(17)10-3-4-12-9(6-10)2-1-5-16-12/h1-8,14,17H. The highest BCUT2D eigenvalue weighted by Gasteiger charge is 2.13. The van der Waals surface area contributed by atoms with E-state index in [9.17, 15) is 5.11 Å². The van der Waals surface area contributed by atoms with Gasteiger partial charge in [0.05, 0.1) is 10.5 Å². The van der Waals surface area contributed by atoms with E-state index in [2.05, 4.69) is 4.98 Å². The summed E-state index contributed by atoms with van der Waals surface area (Å²) in [6, 6.07) is 11.4. The van der Waals surface area contributed by atoms with Crippen molar-refractivity contribution in [2.24, 2.45) is 0 Å². The van der Waals surface area contributed by atoms with E-state index in [0.717, 1.165) is 21.3 Å². The van der Waals surface area contributed by atoms with Gasteiger partial charge >= 0.3 is 0 Å². The number of thiophene rings is 1. The van der Waals surface area contributed by atoms with Crippen LogP contribution in [0.2, 0.25) is 5.02 Å². The molecular formula is C14H10ClNOS. The molecule has 0 aliphatic carbocycles. The lowest BCUT2D eigenvalue weighted by atomic mass is 10.1. The maximum atomic E-state index is 10.3. The van der Waals surface area contributed by atoms with Crippen LogP contribution in [-0.4, -0.2) is 10.1 Å². The number of fused-ring (bicyclic) bond motifs is 1. The molecule has 2 aromatic heterocycles. The number of benzene rings is 1. The topological polar surface area (TPSA) is 33.1 Å². The van der Waals surface area contributed by atoms with E-state index in [1.165, 1.54) is 11.3 Å². The van der Waals surface area contributed by atoms with E-state index in [1.807, 2.05) is 35.7 Å². The number of nitrogens with zero attached hydrogens (tertiary/aromatic N) is 1. The van der Waals surface area contributed by atoms with Crippen molar-refractivity contribution in [2.75, 3.05) is 0 Å². The molecule has 0 aliphatic rings. The van der Waals surface area contributed by atoms with Gasteiger partial charge in [0.1, 0.15) is 6.10 Å². The molecule has 0 spiro atoms. The van der Waals surface area contributed by atoms with Gasteiger partial charge in [-0.05, 0) is 29.8 Å². The second-order valence-corrected chi connectivity index (χ2v) is 5.40. The van der Waals surface area contributed by atoms with Crippen molar-refractivity contribution in [3.63, 3.8) is 0 Å². The first-order chi connectivity index (χ1) is 8.74. The first-order valence-corrected chi connectivity index (χ1v) is 6.76. The highest BCUT2D eigenvalue weighted by Crippen LogP contribution is 2.30. The Morgan fingerprint density at radius 1 is 1.22 bits per heavy atom. The van der Waals surface area contributed by atoms with Gasteiger partial charge in [-0.15, -0.1) is 11.3 Å². The van der Waals surface area contributed by atoms with Crippen LogP contribution in [0.25, 0.3) is 10.9 Å². The van der Waals surface area contributed by atoms with Gasteiger partial charge in [0, 0.05) is 21.8 Å². The van der Waals surface area contributed by atoms with Crippen molar-refractivity contribution in [2.45, 2.75) is 6.10 Å². The Morgan fingerprint density at radius 2 is 2.11 bits per heavy atom. The minimum atomic E-state index is -0.632. The van der Waals surface area contributed by atoms with Crippen molar-refractivity contribution < 1.29 is 5.11 Å². The minimum Gasteiger partial charge on any atom is -0.383 e. The highest BCUT2D eigenvalue weighted by molar-refractivity contribution is 7.10. The zero-order chi connectivity index (χ0) is 12.5. The van der Waals surface area contributed by atoms with Gasteiger partial charge in [-0.3, -0.25) is 4.98 Å². The van der Waals surface area contributed by atoms with Crippen LogP contribution in [0, 0.1) is 0 Å². The van der Waals surface area contributed by atoms with Crippen LogP contribution in [0.15, 0.2) is 48.0 Å². The van der Waals surface area contributed by atoms with Crippen LogP contribution in [0.1, 0.15) is 16.5 Å². The van der Waals surface area contributed by atoms with Gasteiger partial charge < -0.3 is 5.11 Å². The van der Waals surface area contributed by atoms with E-state index < -0.39 is 6.10 Å². The highest BCUT2D eigenvalue weighted by atomic mass is 35.5. The Bertz CT molecular complexity index is 695. The van der Waals surface area contributed by atoms with Crippen LogP contribution >= 0.6 is 22.9 Å². The van der Waals surface area contributed by atoms with Crippen LogP contribution in [-0.2, 0) is 0 Å². The Morgan fingerprint density at radius 3 is 2.89 bits per heavy atom. The van der Waals surface area contributed by atoms with Crippen LogP contribution in [0.3, 0.4) is 0 Å². The first kappa shape index (κ1) is 11.7. The van der Waals surface area contributed by atoms with Gasteiger partial charge in [0.25, 0.3) is 0 Å². The lowest BCUT2D eigenvalue weighted by Gasteiger charge is -2.09. The number of halogens is 1. The molecule has 1 N–H and O–H groups in total. The SMILES string of the molecule is OC(c1ccc2ncccc2c1)c1cc(Cl)cs1. The van der Waals surface area contributed by atoms with Crippen LogP contribution in [0.5, 0.6) is 0 Å². The summed E-state index contributed by atoms with van der Waals surface area (Å²) < 4.78 is 0. The lowest BCUT2D eigenvalue weighted by Crippen LogP contribution is -1.96. The molecule has 4 heteroatoms. The fraction of sp³-hybridized carbons (Fsp3) is 0.0714. The quantitative estimate of drug-likeness (QED) is 0.766. The maximum Gasteiger partial charge on any atom is 0.113 e. The van der Waals surface area contributed by atoms with Gasteiger partial charge in [0.2, 0.25) is 0 Å². The normalized spacial score (nSPS) is 12.8. The molecule has 0 bridgehead atoms. The van der Waals surface area contributed by atoms with Crippen molar-refractivity contribution in [1.29, 1.82) is 0 Å². The first-order valence-electron chi connectivity index (χ1n) is 5.51. The Hall–Kier alpha value is -1.42. The molecule has 0 fully saturated rings. The van der Waals surface area contributed by atoms with E-state index in [4.69, 9.17) is 11.6 Å². The van der Waals surface area contributed by atoms with Gasteiger partial charge in [-0.25, -0.2) is 0 Å². The molecule has 1 atom stereocenters. The lowest BCUT2D eigenvalue weighted by molar-refractivity contribution is 0.224. The molecule has 1 unspecified atom stereocenters. The van der Waals surface area contributed by atoms with E-state index in [1.54, 1.807) is 12.3 Å². The molecule has 3 aromatic rings. The van der Waals surface area contributed by atoms with Gasteiger partial charge in [0.15, 0.2) is 0 Å². The van der Waals surface area contributed by atoms with Gasteiger partial charge in [-0.2, -0.15) is 0 Å². The number of aromatic nitrogens is 1. The average Bonchev–Trinajstić information content (AvgIpc) is 2.84. The molecule has 90 valence electrons. The molecule has 0 saturated heterocycles. The molecule has 0 amide bonds. The minimum absolute atomic E-state index is 0.632. The van der Waals surface area contributed by atoms with Crippen molar-refractivity contribution in [1.82, 2.24) is 4.98 Å². The van der Waals surface area contributed by atoms with Crippen LogP contribution in [0.4, 0.5) is 0 Å². The van der Waals surface area contributed by atoms with Crippen molar-refractivity contribution in [3.05, 3.63) is 63.4 Å². The molecule has 2 heterocycles. The number of aliphatic hydroxyl groups excluding tert-OH is 1. The number of hydrogen-bond acceptors (Lipinski definition) is 3. The monoisotopic (exact) mass is 275 g/mol. The Kier molecular flexibility index (Phi) is 3.04. The van der Waals surface area contributed by atoms with E-state index in [0.29, 0.717) is 5.02 Å². The molecule has 0 radical (unpaired) electrons. The zero-order valence-corrected chi connectivity index (χ0v) is 10.9. The average molecular weight is 276 g/mol. The Balaban J connectivity index is 2.03. The third-order valence-electron chi connectivity index (χ3n) is 2.80. The summed E-state index contributed by atoms with van der Waals surface area (Å²) in [6.07, 6.45) is 1.13. The fourth-order valence-corrected chi connectivity index (χ4v) is 2.99. The second-order valence-electron chi connectivity index (χ2n) is 4.03. The number of hydrogen-bond donors (Lipinski definition) is 1. The summed E-state index contributed by atoms with van der Waals surface area (Å²) in [6.45, 7) is 0. The molecular weight excluding hydrogens is 266 g/mol. The molecule has 2 nitrogen and oxygen atoms in total. The predicted octanol–water partition coefficient (Wildman–Crippen LogP) is 4.03. The molecule has 0 aliphatic heterocycles. The van der Waals surface area contributed by atoms with E-state index in [-0.39, 0.29) is 0 Å². The molecule has 18 heavy (non-hydrogen) atoms. The maximum absolute atomic E-state index is 10.3. The predicted molar refractivity (Wildman–Crippen MR) is 75.1 cm³/mol. The molecule has 3 rings (SSSR count). The van der Waals surface area contributed by atoms with Crippen LogP contribution < -0.4 is 0 Å². The van der Waals surface area contributed by atoms with E-state index >= 15 is 0 Å². The summed E-state index contributed by atoms with van der Waals surface area (Å²) in [7, 11) is 0. The third kappa shape index (κ3) is 2.12. The number of aliphatic hydroxyl groups is 1. The molecule has 1 aromatic carbocycles. The number of rotatable bonds is 2. The third-order valence-corrected chi connectivity index (χ3v) is 4.13. The number of pyridine rings is 1. The van der Waals surface area contributed by atoms with Crippen molar-refractivity contribution in [3.8, 4) is 0 Å². The summed E-state index contributed by atoms with van der Waals surface area (Å²) in [5, 5.41) is 13.8. The fourth-order valence-electron chi connectivity index (χ4n) is 1.90. The van der Waals surface area contributed by atoms with Crippen molar-refractivity contribution >= 4 is 33.8 Å².